The minimum absolute atomic E-state index is 0.102. The molecule has 6 rings (SSSR count). The third-order valence-corrected chi connectivity index (χ3v) is 5.40. The Kier molecular flexibility index (Phi) is 2.16. The maximum absolute atomic E-state index is 12.6. The van der Waals surface area contributed by atoms with Gasteiger partial charge in [0.2, 0.25) is 0 Å². The Hall–Kier alpha value is -3.40. The van der Waals surface area contributed by atoms with E-state index in [0.717, 1.165) is 39.1 Å². The Morgan fingerprint density at radius 2 is 1.48 bits per heavy atom. The van der Waals surface area contributed by atoms with E-state index in [1.54, 1.807) is 0 Å². The lowest BCUT2D eigenvalue weighted by atomic mass is 9.79. The zero-order chi connectivity index (χ0) is 16.7. The first kappa shape index (κ1) is 13.0. The lowest BCUT2D eigenvalue weighted by Gasteiger charge is -2.25. The summed E-state index contributed by atoms with van der Waals surface area (Å²) < 4.78 is 0. The van der Waals surface area contributed by atoms with Gasteiger partial charge >= 0.3 is 0 Å². The van der Waals surface area contributed by atoms with Crippen LogP contribution >= 0.6 is 0 Å². The largest absolute Gasteiger partial charge is 0.374 e. The van der Waals surface area contributed by atoms with Crippen LogP contribution in [0.2, 0.25) is 0 Å². The van der Waals surface area contributed by atoms with E-state index >= 15 is 0 Å². The van der Waals surface area contributed by atoms with Crippen molar-refractivity contribution in [2.45, 2.75) is 6.04 Å². The highest BCUT2D eigenvalue weighted by molar-refractivity contribution is 6.34. The second kappa shape index (κ2) is 4.16. The van der Waals surface area contributed by atoms with Crippen LogP contribution in [0, 0.1) is 0 Å². The third-order valence-electron chi connectivity index (χ3n) is 5.40. The number of anilines is 1. The van der Waals surface area contributed by atoms with Crippen molar-refractivity contribution < 1.29 is 9.59 Å². The van der Waals surface area contributed by atoms with Crippen LogP contribution in [-0.4, -0.2) is 17.9 Å². The Morgan fingerprint density at radius 3 is 2.36 bits per heavy atom. The molecule has 2 heterocycles. The zero-order valence-electron chi connectivity index (χ0n) is 13.1. The molecule has 2 aromatic rings. The monoisotopic (exact) mass is 324 g/mol. The Bertz CT molecular complexity index is 1130. The van der Waals surface area contributed by atoms with Gasteiger partial charge < -0.3 is 5.32 Å². The first-order valence-electron chi connectivity index (χ1n) is 8.26. The molecule has 4 heteroatoms. The number of fused-ring (bicyclic) bond motifs is 8. The number of carbonyl (C=O) groups is 2. The van der Waals surface area contributed by atoms with E-state index in [0.29, 0.717) is 11.1 Å². The van der Waals surface area contributed by atoms with E-state index in [9.17, 15) is 9.59 Å². The molecule has 2 N–H and O–H groups in total. The number of hydrogen-bond acceptors (Lipinski definition) is 3. The van der Waals surface area contributed by atoms with Crippen LogP contribution in [0.3, 0.4) is 0 Å². The van der Waals surface area contributed by atoms with Crippen molar-refractivity contribution >= 4 is 34.7 Å². The minimum Gasteiger partial charge on any atom is -0.374 e. The number of rotatable bonds is 0. The fourth-order valence-electron chi connectivity index (χ4n) is 4.44. The number of amides is 2. The molecule has 2 aliphatic carbocycles. The number of benzene rings is 2. The molecule has 4 nitrogen and oxygen atoms in total. The molecule has 0 bridgehead atoms. The summed E-state index contributed by atoms with van der Waals surface area (Å²) in [6, 6.07) is 15.9. The predicted molar refractivity (Wildman–Crippen MR) is 95.3 cm³/mol. The van der Waals surface area contributed by atoms with Gasteiger partial charge in [-0.05, 0) is 28.8 Å². The van der Waals surface area contributed by atoms with Crippen LogP contribution in [0.25, 0.3) is 17.2 Å². The topological polar surface area (TPSA) is 58.2 Å². The van der Waals surface area contributed by atoms with Crippen molar-refractivity contribution in [3.8, 4) is 0 Å². The smallest absolute Gasteiger partial charge is 0.259 e. The van der Waals surface area contributed by atoms with E-state index in [-0.39, 0.29) is 17.9 Å². The zero-order valence-corrected chi connectivity index (χ0v) is 13.1. The second-order valence-electron chi connectivity index (χ2n) is 6.63. The molecule has 1 saturated heterocycles. The normalized spacial score (nSPS) is 21.9. The van der Waals surface area contributed by atoms with Crippen LogP contribution in [0.5, 0.6) is 0 Å². The third kappa shape index (κ3) is 1.43. The van der Waals surface area contributed by atoms with Crippen LogP contribution < -0.4 is 10.6 Å². The average molecular weight is 324 g/mol. The molecule has 1 unspecified atom stereocenters. The quantitative estimate of drug-likeness (QED) is 0.733. The van der Waals surface area contributed by atoms with E-state index < -0.39 is 0 Å². The van der Waals surface area contributed by atoms with E-state index in [4.69, 9.17) is 0 Å². The van der Waals surface area contributed by atoms with Gasteiger partial charge in [-0.1, -0.05) is 42.5 Å². The van der Waals surface area contributed by atoms with Gasteiger partial charge in [0.15, 0.2) is 0 Å². The van der Waals surface area contributed by atoms with Crippen molar-refractivity contribution in [3.05, 3.63) is 81.9 Å². The molecular weight excluding hydrogens is 312 g/mol. The lowest BCUT2D eigenvalue weighted by molar-refractivity contribution is -0.123. The summed E-state index contributed by atoms with van der Waals surface area (Å²) in [5.41, 5.74) is 8.02. The molecule has 25 heavy (non-hydrogen) atoms. The molecule has 2 aromatic carbocycles. The second-order valence-corrected chi connectivity index (χ2v) is 6.63. The fourth-order valence-corrected chi connectivity index (χ4v) is 4.44. The lowest BCUT2D eigenvalue weighted by Crippen LogP contribution is -2.24. The van der Waals surface area contributed by atoms with Crippen molar-refractivity contribution in [3.63, 3.8) is 0 Å². The van der Waals surface area contributed by atoms with Gasteiger partial charge in [-0.15, -0.1) is 0 Å². The summed E-state index contributed by atoms with van der Waals surface area (Å²) in [5, 5.41) is 6.04. The highest BCUT2D eigenvalue weighted by Gasteiger charge is 2.47. The van der Waals surface area contributed by atoms with Gasteiger partial charge in [0.25, 0.3) is 11.8 Å². The molecular formula is C21H12N2O2. The predicted octanol–water partition coefficient (Wildman–Crippen LogP) is 2.76. The van der Waals surface area contributed by atoms with Gasteiger partial charge in [-0.25, -0.2) is 0 Å². The van der Waals surface area contributed by atoms with Crippen LogP contribution in [0.4, 0.5) is 5.69 Å². The van der Waals surface area contributed by atoms with Gasteiger partial charge in [0.1, 0.15) is 0 Å². The first-order chi connectivity index (χ1) is 12.2. The highest BCUT2D eigenvalue weighted by atomic mass is 16.2. The van der Waals surface area contributed by atoms with Gasteiger partial charge in [0.05, 0.1) is 17.2 Å². The molecule has 4 aliphatic rings. The molecule has 0 saturated carbocycles. The summed E-state index contributed by atoms with van der Waals surface area (Å²) in [6.07, 6.45) is 2.13. The Labute approximate surface area is 143 Å². The summed E-state index contributed by atoms with van der Waals surface area (Å²) in [6.45, 7) is 0. The minimum atomic E-state index is -0.298. The standard InChI is InChI=1S/C21H12N2O2/c24-20-17-15-11-6-2-1-5-10(11)9-13(15)19-16(18(17)21(25)23-20)12-7-3-4-8-14(12)22-19/h1-9,19,22H,(H,23,24,25). The highest BCUT2D eigenvalue weighted by Crippen LogP contribution is 2.54. The molecule has 118 valence electrons. The molecule has 0 radical (unpaired) electrons. The summed E-state index contributed by atoms with van der Waals surface area (Å²) >= 11 is 0. The van der Waals surface area contributed by atoms with Crippen molar-refractivity contribution in [1.29, 1.82) is 0 Å². The van der Waals surface area contributed by atoms with E-state index in [2.05, 4.69) is 16.7 Å². The number of imide groups is 1. The fraction of sp³-hybridized carbons (Fsp3) is 0.0476. The molecule has 0 spiro atoms. The van der Waals surface area contributed by atoms with Gasteiger partial charge in [-0.3, -0.25) is 14.9 Å². The van der Waals surface area contributed by atoms with Crippen LogP contribution in [0.15, 0.2) is 65.3 Å². The van der Waals surface area contributed by atoms with Crippen molar-refractivity contribution in [2.75, 3.05) is 5.32 Å². The van der Waals surface area contributed by atoms with Crippen molar-refractivity contribution in [1.82, 2.24) is 5.32 Å². The van der Waals surface area contributed by atoms with Gasteiger partial charge in [-0.2, -0.15) is 0 Å². The molecule has 0 aromatic heterocycles. The van der Waals surface area contributed by atoms with E-state index in [1.807, 2.05) is 48.5 Å². The molecule has 2 aliphatic heterocycles. The molecule has 2 amide bonds. The van der Waals surface area contributed by atoms with Gasteiger partial charge in [0, 0.05) is 22.4 Å². The summed E-state index contributed by atoms with van der Waals surface area (Å²) in [4.78, 5) is 25.2. The summed E-state index contributed by atoms with van der Waals surface area (Å²) in [5.74, 6) is -0.595. The van der Waals surface area contributed by atoms with E-state index in [1.165, 1.54) is 0 Å². The Balaban J connectivity index is 1.75. The maximum atomic E-state index is 12.6. The average Bonchev–Trinajstić information content (AvgIpc) is 3.26. The molecule has 1 atom stereocenters. The number of hydrogen-bond donors (Lipinski definition) is 2. The number of para-hydroxylation sites is 1. The van der Waals surface area contributed by atoms with Crippen LogP contribution in [0.1, 0.15) is 16.7 Å². The van der Waals surface area contributed by atoms with Crippen LogP contribution in [-0.2, 0) is 9.59 Å². The summed E-state index contributed by atoms with van der Waals surface area (Å²) in [7, 11) is 0. The molecule has 1 fully saturated rings. The maximum Gasteiger partial charge on any atom is 0.259 e. The Morgan fingerprint density at radius 1 is 0.760 bits per heavy atom. The van der Waals surface area contributed by atoms with Crippen molar-refractivity contribution in [2.24, 2.45) is 0 Å². The first-order valence-corrected chi connectivity index (χ1v) is 8.26. The number of carbonyl (C=O) groups excluding carboxylic acids is 2. The number of nitrogens with one attached hydrogen (secondary N) is 2. The SMILES string of the molecule is O=C1NC(=O)C2=C3c4ccccc4NC3C3=Cc4ccccc4C3=C12.